The molecular weight excluding hydrogens is 646 g/mol. The molecule has 0 saturated carbocycles. The quantitative estimate of drug-likeness (QED) is 0.118. The standard InChI is InChI=1S/C38H27Cl2FN6O/c39-29-18-16-25(17-19-29)22-34(48)44-35-31-23-30(43-36-32(41)24-42-37(40)45-36)20-21-33(31)47(46-35)38(26-10-4-1-5-11-26,27-12-6-2-7-13-27)28-14-8-3-9-15-28/h1-21,23-24H,22H2,(H,42,43,45)(H,44,46,48). The number of fused-ring (bicyclic) bond motifs is 1. The molecule has 0 aliphatic heterocycles. The highest BCUT2D eigenvalue weighted by Crippen LogP contribution is 2.44. The number of carbonyl (C=O) groups is 1. The lowest BCUT2D eigenvalue weighted by molar-refractivity contribution is -0.115. The number of nitrogens with zero attached hydrogens (tertiary/aromatic N) is 4. The first-order valence-corrected chi connectivity index (χ1v) is 15.9. The molecule has 7 rings (SSSR count). The summed E-state index contributed by atoms with van der Waals surface area (Å²) < 4.78 is 16.6. The van der Waals surface area contributed by atoms with E-state index in [0.29, 0.717) is 21.9 Å². The molecule has 2 aromatic heterocycles. The average molecular weight is 674 g/mol. The highest BCUT2D eigenvalue weighted by molar-refractivity contribution is 6.30. The van der Waals surface area contributed by atoms with E-state index < -0.39 is 11.4 Å². The summed E-state index contributed by atoms with van der Waals surface area (Å²) in [5.41, 5.74) is 3.96. The van der Waals surface area contributed by atoms with Crippen molar-refractivity contribution in [2.45, 2.75) is 12.0 Å². The fourth-order valence-corrected chi connectivity index (χ4v) is 6.24. The molecule has 0 radical (unpaired) electrons. The molecule has 0 spiro atoms. The van der Waals surface area contributed by atoms with Gasteiger partial charge < -0.3 is 10.6 Å². The highest BCUT2D eigenvalue weighted by atomic mass is 35.5. The number of rotatable bonds is 9. The fourth-order valence-electron chi connectivity index (χ4n) is 5.98. The first-order chi connectivity index (χ1) is 23.4. The van der Waals surface area contributed by atoms with Gasteiger partial charge in [0.1, 0.15) is 5.54 Å². The van der Waals surface area contributed by atoms with Crippen molar-refractivity contribution in [2.75, 3.05) is 10.6 Å². The van der Waals surface area contributed by atoms with Crippen molar-refractivity contribution < 1.29 is 9.18 Å². The van der Waals surface area contributed by atoms with Crippen LogP contribution in [0.25, 0.3) is 10.9 Å². The zero-order valence-electron chi connectivity index (χ0n) is 25.3. The van der Waals surface area contributed by atoms with E-state index in [9.17, 15) is 9.18 Å². The van der Waals surface area contributed by atoms with Crippen LogP contribution in [0, 0.1) is 5.82 Å². The van der Waals surface area contributed by atoms with E-state index in [1.54, 1.807) is 24.3 Å². The van der Waals surface area contributed by atoms with E-state index in [2.05, 4.69) is 57.0 Å². The molecule has 0 aliphatic carbocycles. The molecule has 0 saturated heterocycles. The molecule has 7 nitrogen and oxygen atoms in total. The number of anilines is 3. The molecule has 5 aromatic carbocycles. The van der Waals surface area contributed by atoms with Crippen LogP contribution in [0.1, 0.15) is 22.3 Å². The maximum absolute atomic E-state index is 14.6. The van der Waals surface area contributed by atoms with Crippen LogP contribution in [0.3, 0.4) is 0 Å². The summed E-state index contributed by atoms with van der Waals surface area (Å²) in [4.78, 5) is 21.3. The lowest BCUT2D eigenvalue weighted by Crippen LogP contribution is -2.38. The van der Waals surface area contributed by atoms with Gasteiger partial charge in [-0.25, -0.2) is 14.1 Å². The van der Waals surface area contributed by atoms with Gasteiger partial charge in [-0.2, -0.15) is 10.1 Å². The van der Waals surface area contributed by atoms with E-state index in [1.807, 2.05) is 77.5 Å². The second kappa shape index (κ2) is 13.3. The molecule has 0 unspecified atom stereocenters. The molecule has 0 fully saturated rings. The molecule has 2 heterocycles. The van der Waals surface area contributed by atoms with Crippen LogP contribution in [0.2, 0.25) is 10.3 Å². The Bertz CT molecular complexity index is 2120. The van der Waals surface area contributed by atoms with Crippen molar-refractivity contribution in [1.82, 2.24) is 19.7 Å². The van der Waals surface area contributed by atoms with Crippen LogP contribution in [0.5, 0.6) is 0 Å². The molecule has 2 N–H and O–H groups in total. The largest absolute Gasteiger partial charge is 0.338 e. The van der Waals surface area contributed by atoms with E-state index >= 15 is 0 Å². The zero-order chi connectivity index (χ0) is 33.1. The van der Waals surface area contributed by atoms with Gasteiger partial charge in [0.25, 0.3) is 0 Å². The Kier molecular flexibility index (Phi) is 8.59. The number of carbonyl (C=O) groups excluding carboxylic acids is 1. The lowest BCUT2D eigenvalue weighted by atomic mass is 9.77. The third-order valence-corrected chi connectivity index (χ3v) is 8.52. The van der Waals surface area contributed by atoms with Gasteiger partial charge in [-0.1, -0.05) is 115 Å². The predicted molar refractivity (Wildman–Crippen MR) is 188 cm³/mol. The van der Waals surface area contributed by atoms with Gasteiger partial charge in [-0.3, -0.25) is 4.79 Å². The van der Waals surface area contributed by atoms with Crippen LogP contribution < -0.4 is 10.6 Å². The Hall–Kier alpha value is -5.57. The Morgan fingerprint density at radius 3 is 1.92 bits per heavy atom. The van der Waals surface area contributed by atoms with Crippen LogP contribution in [-0.4, -0.2) is 25.7 Å². The smallest absolute Gasteiger partial charge is 0.230 e. The molecular formula is C38H27Cl2FN6O. The van der Waals surface area contributed by atoms with Gasteiger partial charge in [0.15, 0.2) is 17.5 Å². The Balaban J connectivity index is 1.45. The number of halogens is 3. The van der Waals surface area contributed by atoms with E-state index in [4.69, 9.17) is 28.3 Å². The summed E-state index contributed by atoms with van der Waals surface area (Å²) in [6.07, 6.45) is 1.11. The van der Waals surface area contributed by atoms with Crippen molar-refractivity contribution in [3.05, 3.63) is 178 Å². The number of hydrogen-bond acceptors (Lipinski definition) is 5. The average Bonchev–Trinajstić information content (AvgIpc) is 3.46. The van der Waals surface area contributed by atoms with Crippen molar-refractivity contribution in [1.29, 1.82) is 0 Å². The van der Waals surface area contributed by atoms with Crippen molar-refractivity contribution in [3.63, 3.8) is 0 Å². The van der Waals surface area contributed by atoms with Gasteiger partial charge in [-0.15, -0.1) is 0 Å². The number of amides is 1. The predicted octanol–water partition coefficient (Wildman–Crippen LogP) is 9.04. The Labute approximate surface area is 286 Å². The lowest BCUT2D eigenvalue weighted by Gasteiger charge is -2.37. The van der Waals surface area contributed by atoms with Gasteiger partial charge in [-0.05, 0) is 64.2 Å². The minimum Gasteiger partial charge on any atom is -0.338 e. The normalized spacial score (nSPS) is 11.4. The van der Waals surface area contributed by atoms with Crippen molar-refractivity contribution in [2.24, 2.45) is 0 Å². The minimum absolute atomic E-state index is 0.0812. The van der Waals surface area contributed by atoms with E-state index in [0.717, 1.165) is 34.0 Å². The topological polar surface area (TPSA) is 84.7 Å². The van der Waals surface area contributed by atoms with Crippen LogP contribution in [-0.2, 0) is 16.8 Å². The Morgan fingerprint density at radius 1 is 0.750 bits per heavy atom. The first kappa shape index (κ1) is 31.1. The summed E-state index contributed by atoms with van der Waals surface area (Å²) in [6, 6.07) is 43.0. The summed E-state index contributed by atoms with van der Waals surface area (Å²) in [5, 5.41) is 12.4. The zero-order valence-corrected chi connectivity index (χ0v) is 26.8. The molecule has 0 bridgehead atoms. The maximum atomic E-state index is 14.6. The SMILES string of the molecule is O=C(Cc1ccc(Cl)cc1)Nc1nn(C(c2ccccc2)(c2ccccc2)c2ccccc2)c2ccc(Nc3nc(Cl)ncc3F)cc12. The van der Waals surface area contributed by atoms with E-state index in [1.165, 1.54) is 0 Å². The summed E-state index contributed by atoms with van der Waals surface area (Å²) in [5.74, 6) is -0.674. The number of hydrogen-bond donors (Lipinski definition) is 2. The molecule has 0 aliphatic rings. The first-order valence-electron chi connectivity index (χ1n) is 15.1. The summed E-state index contributed by atoms with van der Waals surface area (Å²) in [7, 11) is 0. The van der Waals surface area contributed by atoms with E-state index in [-0.39, 0.29) is 23.4 Å². The molecule has 10 heteroatoms. The number of nitrogens with one attached hydrogen (secondary N) is 2. The molecule has 0 atom stereocenters. The maximum Gasteiger partial charge on any atom is 0.230 e. The van der Waals surface area contributed by atoms with Gasteiger partial charge >= 0.3 is 0 Å². The van der Waals surface area contributed by atoms with Gasteiger partial charge in [0.05, 0.1) is 18.1 Å². The van der Waals surface area contributed by atoms with Gasteiger partial charge in [0, 0.05) is 16.1 Å². The second-order valence-electron chi connectivity index (χ2n) is 11.1. The summed E-state index contributed by atoms with van der Waals surface area (Å²) >= 11 is 12.0. The molecule has 7 aromatic rings. The number of benzene rings is 5. The molecule has 48 heavy (non-hydrogen) atoms. The third-order valence-electron chi connectivity index (χ3n) is 8.09. The third kappa shape index (κ3) is 5.99. The summed E-state index contributed by atoms with van der Waals surface area (Å²) in [6.45, 7) is 0. The van der Waals surface area contributed by atoms with Crippen LogP contribution >= 0.6 is 23.2 Å². The highest BCUT2D eigenvalue weighted by Gasteiger charge is 2.41. The minimum atomic E-state index is -0.956. The monoisotopic (exact) mass is 672 g/mol. The van der Waals surface area contributed by atoms with Crippen molar-refractivity contribution >= 4 is 57.3 Å². The Morgan fingerprint density at radius 2 is 1.33 bits per heavy atom. The molecule has 1 amide bonds. The van der Waals surface area contributed by atoms with Crippen LogP contribution in [0.4, 0.5) is 21.7 Å². The van der Waals surface area contributed by atoms with Crippen LogP contribution in [0.15, 0.2) is 140 Å². The molecule has 236 valence electrons. The second-order valence-corrected chi connectivity index (χ2v) is 11.9. The number of aromatic nitrogens is 4. The van der Waals surface area contributed by atoms with Crippen molar-refractivity contribution in [3.8, 4) is 0 Å². The van der Waals surface area contributed by atoms with Gasteiger partial charge in [0.2, 0.25) is 11.2 Å². The fraction of sp³-hybridized carbons (Fsp3) is 0.0526.